The van der Waals surface area contributed by atoms with Crippen molar-refractivity contribution in [3.63, 3.8) is 0 Å². The van der Waals surface area contributed by atoms with E-state index in [1.165, 1.54) is 26.2 Å². The first-order valence-corrected chi connectivity index (χ1v) is 13.3. The third-order valence-corrected chi connectivity index (χ3v) is 7.46. The standard InChI is InChI=1S/C28H34FN7O3/c1-28(2,38)26(29)16-32-27(37)22-15-31-24(25-4-3-21-11-19(13-30)14-33-36(21)25)12-23(22)34-20-9-18(10-20)17-35-5-7-39-8-6-35/h3-4,11-12,14-15,18,20,26,38H,5-10,16-17H2,1-2H3,(H,31,34)(H,32,37)/t18-,20-,26-/m1/s1. The average molecular weight is 536 g/mol. The number of anilines is 1. The van der Waals surface area contributed by atoms with Gasteiger partial charge in [0.2, 0.25) is 0 Å². The largest absolute Gasteiger partial charge is 0.387 e. The van der Waals surface area contributed by atoms with Crippen molar-refractivity contribution in [2.75, 3.05) is 44.7 Å². The molecule has 0 radical (unpaired) electrons. The maximum absolute atomic E-state index is 14.3. The molecule has 0 spiro atoms. The zero-order valence-electron chi connectivity index (χ0n) is 22.2. The lowest BCUT2D eigenvalue weighted by molar-refractivity contribution is -0.00177. The molecule has 39 heavy (non-hydrogen) atoms. The molecule has 2 fully saturated rings. The van der Waals surface area contributed by atoms with E-state index in [0.717, 1.165) is 51.2 Å². The van der Waals surface area contributed by atoms with Crippen LogP contribution in [0, 0.1) is 17.2 Å². The summed E-state index contributed by atoms with van der Waals surface area (Å²) in [5.74, 6) is 0.107. The number of hydrogen-bond donors (Lipinski definition) is 3. The normalized spacial score (nSPS) is 20.7. The van der Waals surface area contributed by atoms with Crippen molar-refractivity contribution in [3.05, 3.63) is 47.8 Å². The van der Waals surface area contributed by atoms with Crippen LogP contribution in [-0.4, -0.2) is 87.7 Å². The van der Waals surface area contributed by atoms with Gasteiger partial charge in [0.15, 0.2) is 0 Å². The van der Waals surface area contributed by atoms with E-state index in [4.69, 9.17) is 4.74 Å². The molecule has 11 heteroatoms. The fourth-order valence-electron chi connectivity index (χ4n) is 5.05. The summed E-state index contributed by atoms with van der Waals surface area (Å²) in [6.45, 7) is 6.94. The van der Waals surface area contributed by atoms with Crippen molar-refractivity contribution in [2.45, 2.75) is 44.5 Å². The Hall–Kier alpha value is -3.59. The highest BCUT2D eigenvalue weighted by molar-refractivity contribution is 6.00. The number of pyridine rings is 1. The van der Waals surface area contributed by atoms with Crippen LogP contribution in [0.15, 0.2) is 36.7 Å². The Kier molecular flexibility index (Phi) is 7.79. The maximum atomic E-state index is 14.3. The second-order valence-electron chi connectivity index (χ2n) is 10.9. The third-order valence-electron chi connectivity index (χ3n) is 7.46. The van der Waals surface area contributed by atoms with E-state index >= 15 is 0 Å². The van der Waals surface area contributed by atoms with E-state index in [2.05, 4.69) is 31.7 Å². The minimum Gasteiger partial charge on any atom is -0.387 e. The topological polar surface area (TPSA) is 128 Å². The number of ether oxygens (including phenoxy) is 1. The van der Waals surface area contributed by atoms with Crippen molar-refractivity contribution in [1.29, 1.82) is 5.26 Å². The first-order valence-electron chi connectivity index (χ1n) is 13.3. The number of fused-ring (bicyclic) bond motifs is 1. The fraction of sp³-hybridized carbons (Fsp3) is 0.500. The van der Waals surface area contributed by atoms with Crippen LogP contribution in [0.5, 0.6) is 0 Å². The fourth-order valence-corrected chi connectivity index (χ4v) is 5.05. The summed E-state index contributed by atoms with van der Waals surface area (Å²) in [5.41, 5.74) is 1.89. The van der Waals surface area contributed by atoms with Gasteiger partial charge in [-0.25, -0.2) is 8.91 Å². The molecule has 3 aromatic heterocycles. The molecule has 1 saturated carbocycles. The van der Waals surface area contributed by atoms with Crippen LogP contribution in [-0.2, 0) is 4.74 Å². The van der Waals surface area contributed by atoms with E-state index in [-0.39, 0.29) is 12.6 Å². The Labute approximate surface area is 226 Å². The molecule has 0 aromatic carbocycles. The average Bonchev–Trinajstić information content (AvgIpc) is 3.33. The van der Waals surface area contributed by atoms with Gasteiger partial charge in [0.05, 0.1) is 65.3 Å². The summed E-state index contributed by atoms with van der Waals surface area (Å²) in [7, 11) is 0. The molecule has 1 atom stereocenters. The molecule has 206 valence electrons. The molecule has 10 nitrogen and oxygen atoms in total. The van der Waals surface area contributed by atoms with Crippen LogP contribution in [0.25, 0.3) is 16.9 Å². The van der Waals surface area contributed by atoms with Crippen molar-refractivity contribution in [3.8, 4) is 17.5 Å². The van der Waals surface area contributed by atoms with Gasteiger partial charge in [-0.05, 0) is 56.9 Å². The number of nitrogens with one attached hydrogen (secondary N) is 2. The van der Waals surface area contributed by atoms with Crippen molar-refractivity contribution in [1.82, 2.24) is 24.8 Å². The first kappa shape index (κ1) is 27.0. The summed E-state index contributed by atoms with van der Waals surface area (Å²) in [6, 6.07) is 9.58. The van der Waals surface area contributed by atoms with Crippen LogP contribution < -0.4 is 10.6 Å². The van der Waals surface area contributed by atoms with Crippen LogP contribution in [0.3, 0.4) is 0 Å². The second-order valence-corrected chi connectivity index (χ2v) is 10.9. The molecule has 3 aromatic rings. The van der Waals surface area contributed by atoms with Gasteiger partial charge in [0.1, 0.15) is 12.2 Å². The SMILES string of the molecule is CC(C)(O)[C@H](F)CNC(=O)c1cnc(-c2ccc3cc(C#N)cnn23)cc1N[C@H]1C[C@H](CN2CCOCC2)C1. The van der Waals surface area contributed by atoms with Gasteiger partial charge in [0, 0.05) is 31.9 Å². The molecular weight excluding hydrogens is 501 g/mol. The van der Waals surface area contributed by atoms with Crippen LogP contribution in [0.2, 0.25) is 0 Å². The van der Waals surface area contributed by atoms with Gasteiger partial charge in [-0.15, -0.1) is 0 Å². The van der Waals surface area contributed by atoms with Crippen molar-refractivity contribution >= 4 is 17.1 Å². The molecule has 4 heterocycles. The number of nitrogens with zero attached hydrogens (tertiary/aromatic N) is 5. The number of rotatable bonds is 9. The number of carbonyl (C=O) groups excluding carboxylic acids is 1. The highest BCUT2D eigenvalue weighted by atomic mass is 19.1. The number of hydrogen-bond acceptors (Lipinski definition) is 8. The molecule has 0 unspecified atom stereocenters. The number of aromatic nitrogens is 3. The Balaban J connectivity index is 1.35. The Bertz CT molecular complexity index is 1370. The zero-order valence-corrected chi connectivity index (χ0v) is 22.2. The van der Waals surface area contributed by atoms with Gasteiger partial charge in [-0.3, -0.25) is 14.7 Å². The summed E-state index contributed by atoms with van der Waals surface area (Å²) >= 11 is 0. The summed E-state index contributed by atoms with van der Waals surface area (Å²) in [6.07, 6.45) is 3.32. The molecular formula is C28H34FN7O3. The molecule has 1 saturated heterocycles. The van der Waals surface area contributed by atoms with E-state index in [1.54, 1.807) is 10.6 Å². The van der Waals surface area contributed by atoms with Gasteiger partial charge >= 0.3 is 0 Å². The number of nitriles is 1. The predicted molar refractivity (Wildman–Crippen MR) is 144 cm³/mol. The predicted octanol–water partition coefficient (Wildman–Crippen LogP) is 2.63. The van der Waals surface area contributed by atoms with Crippen LogP contribution >= 0.6 is 0 Å². The van der Waals surface area contributed by atoms with E-state index < -0.39 is 17.7 Å². The summed E-state index contributed by atoms with van der Waals surface area (Å²) < 4.78 is 21.5. The third kappa shape index (κ3) is 6.19. The molecule has 3 N–H and O–H groups in total. The molecule has 1 aliphatic heterocycles. The molecule has 1 amide bonds. The Morgan fingerprint density at radius 3 is 2.77 bits per heavy atom. The number of alkyl halides is 1. The first-order chi connectivity index (χ1) is 18.7. The smallest absolute Gasteiger partial charge is 0.255 e. The van der Waals surface area contributed by atoms with E-state index in [0.29, 0.717) is 34.1 Å². The lowest BCUT2D eigenvalue weighted by Crippen LogP contribution is -2.45. The van der Waals surface area contributed by atoms with Crippen molar-refractivity contribution < 1.29 is 19.0 Å². The second kappa shape index (κ2) is 11.3. The molecule has 0 bridgehead atoms. The van der Waals surface area contributed by atoms with Crippen LogP contribution in [0.1, 0.15) is 42.6 Å². The van der Waals surface area contributed by atoms with E-state index in [9.17, 15) is 19.6 Å². The van der Waals surface area contributed by atoms with E-state index in [1.807, 2.05) is 18.2 Å². The minimum atomic E-state index is -1.62. The maximum Gasteiger partial charge on any atom is 0.255 e. The number of halogens is 1. The Morgan fingerprint density at radius 2 is 2.05 bits per heavy atom. The van der Waals surface area contributed by atoms with Gasteiger partial charge in [-0.2, -0.15) is 10.4 Å². The van der Waals surface area contributed by atoms with Gasteiger partial charge in [-0.1, -0.05) is 0 Å². The van der Waals surface area contributed by atoms with Gasteiger partial charge < -0.3 is 20.5 Å². The summed E-state index contributed by atoms with van der Waals surface area (Å²) in [5, 5.41) is 29.6. The monoisotopic (exact) mass is 535 g/mol. The Morgan fingerprint density at radius 1 is 1.28 bits per heavy atom. The highest BCUT2D eigenvalue weighted by Crippen LogP contribution is 2.33. The number of amides is 1. The summed E-state index contributed by atoms with van der Waals surface area (Å²) in [4.78, 5) is 20.0. The molecule has 2 aliphatic rings. The minimum absolute atomic E-state index is 0.198. The lowest BCUT2D eigenvalue weighted by atomic mass is 9.79. The molecule has 1 aliphatic carbocycles. The lowest BCUT2D eigenvalue weighted by Gasteiger charge is -2.40. The van der Waals surface area contributed by atoms with Crippen molar-refractivity contribution in [2.24, 2.45) is 5.92 Å². The van der Waals surface area contributed by atoms with Gasteiger partial charge in [0.25, 0.3) is 5.91 Å². The zero-order chi connectivity index (χ0) is 27.6. The quantitative estimate of drug-likeness (QED) is 0.382. The number of morpholine rings is 1. The van der Waals surface area contributed by atoms with Crippen LogP contribution in [0.4, 0.5) is 10.1 Å². The molecule has 5 rings (SSSR count). The number of aliphatic hydroxyl groups is 1. The highest BCUT2D eigenvalue weighted by Gasteiger charge is 2.32. The number of carbonyl (C=O) groups is 1.